The van der Waals surface area contributed by atoms with Crippen LogP contribution in [0.3, 0.4) is 0 Å². The van der Waals surface area contributed by atoms with E-state index in [9.17, 15) is 9.59 Å². The fraction of sp³-hybridized carbons (Fsp3) is 0.409. The molecular formula is C22H24N6O2. The fourth-order valence-electron chi connectivity index (χ4n) is 4.48. The summed E-state index contributed by atoms with van der Waals surface area (Å²) in [5.74, 6) is 0.0993. The summed E-state index contributed by atoms with van der Waals surface area (Å²) < 4.78 is 1.81. The second kappa shape index (κ2) is 7.85. The number of rotatable bonds is 3. The summed E-state index contributed by atoms with van der Waals surface area (Å²) in [6.45, 7) is 2.63. The maximum Gasteiger partial charge on any atom is 0.291 e. The maximum absolute atomic E-state index is 12.9. The summed E-state index contributed by atoms with van der Waals surface area (Å²) in [6.07, 6.45) is 9.35. The highest BCUT2D eigenvalue weighted by Gasteiger charge is 2.24. The van der Waals surface area contributed by atoms with Gasteiger partial charge >= 0.3 is 0 Å². The fourth-order valence-corrected chi connectivity index (χ4v) is 4.48. The van der Waals surface area contributed by atoms with E-state index in [4.69, 9.17) is 0 Å². The summed E-state index contributed by atoms with van der Waals surface area (Å²) in [6, 6.07) is 7.84. The largest absolute Gasteiger partial charge is 0.368 e. The van der Waals surface area contributed by atoms with Crippen molar-refractivity contribution < 1.29 is 4.79 Å². The third-order valence-electron chi connectivity index (χ3n) is 6.17. The van der Waals surface area contributed by atoms with Gasteiger partial charge in [-0.15, -0.1) is 0 Å². The minimum atomic E-state index is -0.136. The van der Waals surface area contributed by atoms with Crippen LogP contribution in [0.1, 0.15) is 42.3 Å². The van der Waals surface area contributed by atoms with Gasteiger partial charge in [-0.1, -0.05) is 12.8 Å². The molecule has 0 bridgehead atoms. The topological polar surface area (TPSA) is 84.2 Å². The van der Waals surface area contributed by atoms with Gasteiger partial charge in [0.1, 0.15) is 0 Å². The van der Waals surface area contributed by atoms with Crippen LogP contribution in [-0.2, 0) is 0 Å². The van der Waals surface area contributed by atoms with E-state index in [1.54, 1.807) is 29.7 Å². The summed E-state index contributed by atoms with van der Waals surface area (Å²) >= 11 is 0. The lowest BCUT2D eigenvalue weighted by atomic mass is 10.1. The van der Waals surface area contributed by atoms with Crippen LogP contribution in [0.4, 0.5) is 5.69 Å². The molecule has 0 radical (unpaired) electrons. The van der Waals surface area contributed by atoms with Crippen molar-refractivity contribution in [1.82, 2.24) is 24.4 Å². The smallest absolute Gasteiger partial charge is 0.291 e. The van der Waals surface area contributed by atoms with E-state index in [0.717, 1.165) is 24.0 Å². The standard InChI is InChI=1S/C22H24N6O2/c29-21-18-7-6-17(14-19(18)25-15-28(21)16-4-1-2-5-16)26-10-12-27(13-11-26)22(30)20-23-8-3-9-24-20/h3,6-9,14-16H,1-2,4-5,10-13H2. The molecule has 2 aliphatic rings. The molecule has 3 aromatic rings. The number of anilines is 1. The molecule has 0 atom stereocenters. The minimum absolute atomic E-state index is 0.0525. The first kappa shape index (κ1) is 18.7. The number of nitrogens with zero attached hydrogens (tertiary/aromatic N) is 6. The summed E-state index contributed by atoms with van der Waals surface area (Å²) in [5.41, 5.74) is 1.80. The van der Waals surface area contributed by atoms with Gasteiger partial charge < -0.3 is 9.80 Å². The molecule has 1 saturated carbocycles. The summed E-state index contributed by atoms with van der Waals surface area (Å²) in [5, 5.41) is 0.670. The predicted molar refractivity (Wildman–Crippen MR) is 114 cm³/mol. The van der Waals surface area contributed by atoms with Gasteiger partial charge in [-0.2, -0.15) is 0 Å². The van der Waals surface area contributed by atoms with Crippen molar-refractivity contribution >= 4 is 22.5 Å². The number of carbonyl (C=O) groups excluding carboxylic acids is 1. The van der Waals surface area contributed by atoms with Gasteiger partial charge in [0, 0.05) is 50.3 Å². The Morgan fingerprint density at radius 2 is 1.70 bits per heavy atom. The second-order valence-corrected chi connectivity index (χ2v) is 7.95. The Morgan fingerprint density at radius 1 is 0.967 bits per heavy atom. The van der Waals surface area contributed by atoms with Crippen LogP contribution < -0.4 is 10.5 Å². The molecule has 8 heteroatoms. The Hall–Kier alpha value is -3.29. The van der Waals surface area contributed by atoms with Gasteiger partial charge in [0.2, 0.25) is 5.82 Å². The van der Waals surface area contributed by atoms with E-state index in [1.165, 1.54) is 12.8 Å². The van der Waals surface area contributed by atoms with E-state index in [2.05, 4.69) is 19.9 Å². The molecule has 30 heavy (non-hydrogen) atoms. The van der Waals surface area contributed by atoms with Crippen LogP contribution in [0.15, 0.2) is 47.8 Å². The van der Waals surface area contributed by atoms with Crippen LogP contribution in [0.25, 0.3) is 10.9 Å². The number of benzene rings is 1. The lowest BCUT2D eigenvalue weighted by molar-refractivity contribution is 0.0734. The van der Waals surface area contributed by atoms with Crippen LogP contribution >= 0.6 is 0 Å². The summed E-state index contributed by atoms with van der Waals surface area (Å²) in [4.78, 5) is 42.1. The van der Waals surface area contributed by atoms with Gasteiger partial charge in [0.25, 0.3) is 11.5 Å². The zero-order valence-electron chi connectivity index (χ0n) is 16.8. The van der Waals surface area contributed by atoms with Gasteiger partial charge in [-0.25, -0.2) is 15.0 Å². The van der Waals surface area contributed by atoms with E-state index in [1.807, 2.05) is 22.8 Å². The molecule has 0 unspecified atom stereocenters. The van der Waals surface area contributed by atoms with Crippen molar-refractivity contribution in [3.05, 3.63) is 59.2 Å². The molecular weight excluding hydrogens is 380 g/mol. The van der Waals surface area contributed by atoms with Crippen molar-refractivity contribution in [3.8, 4) is 0 Å². The number of carbonyl (C=O) groups is 1. The first-order valence-electron chi connectivity index (χ1n) is 10.5. The molecule has 2 aromatic heterocycles. The number of hydrogen-bond donors (Lipinski definition) is 0. The Bertz CT molecular complexity index is 1120. The minimum Gasteiger partial charge on any atom is -0.368 e. The van der Waals surface area contributed by atoms with Crippen molar-refractivity contribution in [3.63, 3.8) is 0 Å². The van der Waals surface area contributed by atoms with E-state index >= 15 is 0 Å². The Labute approximate surface area is 174 Å². The molecule has 2 fully saturated rings. The van der Waals surface area contributed by atoms with Crippen LogP contribution in [0.5, 0.6) is 0 Å². The van der Waals surface area contributed by atoms with E-state index in [0.29, 0.717) is 31.6 Å². The van der Waals surface area contributed by atoms with Gasteiger partial charge in [0.05, 0.1) is 17.2 Å². The third kappa shape index (κ3) is 3.42. The molecule has 5 rings (SSSR count). The third-order valence-corrected chi connectivity index (χ3v) is 6.17. The monoisotopic (exact) mass is 404 g/mol. The lowest BCUT2D eigenvalue weighted by Gasteiger charge is -2.35. The first-order chi connectivity index (χ1) is 14.7. The SMILES string of the molecule is O=C(c1ncccn1)N1CCN(c2ccc3c(=O)n(C4CCCC4)cnc3c2)CC1. The Kier molecular flexibility index (Phi) is 4.90. The highest BCUT2D eigenvalue weighted by Crippen LogP contribution is 2.28. The zero-order chi connectivity index (χ0) is 20.5. The van der Waals surface area contributed by atoms with Crippen molar-refractivity contribution in [2.75, 3.05) is 31.1 Å². The number of fused-ring (bicyclic) bond motifs is 1. The molecule has 1 aliphatic carbocycles. The van der Waals surface area contributed by atoms with Crippen LogP contribution in [-0.4, -0.2) is 56.5 Å². The first-order valence-corrected chi connectivity index (χ1v) is 10.5. The number of amides is 1. The zero-order valence-corrected chi connectivity index (χ0v) is 16.8. The van der Waals surface area contributed by atoms with Crippen LogP contribution in [0.2, 0.25) is 0 Å². The molecule has 154 valence electrons. The van der Waals surface area contributed by atoms with Crippen molar-refractivity contribution in [2.45, 2.75) is 31.7 Å². The molecule has 1 amide bonds. The Balaban J connectivity index is 1.32. The van der Waals surface area contributed by atoms with E-state index < -0.39 is 0 Å². The normalized spacial score (nSPS) is 17.6. The maximum atomic E-state index is 12.9. The molecule has 1 aromatic carbocycles. The molecule has 0 spiro atoms. The molecule has 0 N–H and O–H groups in total. The molecule has 1 aliphatic heterocycles. The van der Waals surface area contributed by atoms with Gasteiger partial charge in [-0.3, -0.25) is 14.2 Å². The molecule has 8 nitrogen and oxygen atoms in total. The average molecular weight is 404 g/mol. The van der Waals surface area contributed by atoms with Gasteiger partial charge in [0.15, 0.2) is 0 Å². The second-order valence-electron chi connectivity index (χ2n) is 7.95. The Morgan fingerprint density at radius 3 is 2.43 bits per heavy atom. The summed E-state index contributed by atoms with van der Waals surface area (Å²) in [7, 11) is 0. The number of aromatic nitrogens is 4. The highest BCUT2D eigenvalue weighted by molar-refractivity contribution is 5.90. The number of piperazine rings is 1. The lowest BCUT2D eigenvalue weighted by Crippen LogP contribution is -2.49. The highest BCUT2D eigenvalue weighted by atomic mass is 16.2. The van der Waals surface area contributed by atoms with Crippen molar-refractivity contribution in [1.29, 1.82) is 0 Å². The molecule has 1 saturated heterocycles. The predicted octanol–water partition coefficient (Wildman–Crippen LogP) is 2.26. The molecule has 3 heterocycles. The van der Waals surface area contributed by atoms with E-state index in [-0.39, 0.29) is 23.3 Å². The quantitative estimate of drug-likeness (QED) is 0.666. The van der Waals surface area contributed by atoms with Crippen molar-refractivity contribution in [2.24, 2.45) is 0 Å². The van der Waals surface area contributed by atoms with Gasteiger partial charge in [-0.05, 0) is 37.1 Å². The van der Waals surface area contributed by atoms with Crippen LogP contribution in [0, 0.1) is 0 Å². The average Bonchev–Trinajstić information content (AvgIpc) is 3.34. The number of hydrogen-bond acceptors (Lipinski definition) is 6.